The standard InChI is InChI=1S/C3H12NO9P3.Cu.3Na/c5-14(6,7)1-4(2-15(8,9)10)3-16(11,12)13;;;;/h1-3H2,(H2,5,6,7)(H2,8,9,10)(H2,11,12,13);;;;/q;;3*+1/p+1. The van der Waals surface area contributed by atoms with E-state index in [0.717, 1.165) is 0 Å². The van der Waals surface area contributed by atoms with E-state index in [-0.39, 0.29) is 107 Å². The number of nitrogens with zero attached hydrogens (tertiary/aromatic N) is 1. The predicted molar refractivity (Wildman–Crippen MR) is 53.7 cm³/mol. The van der Waals surface area contributed by atoms with Crippen LogP contribution in [-0.4, -0.2) is 53.1 Å². The molecule has 0 bridgehead atoms. The van der Waals surface area contributed by atoms with Crippen LogP contribution < -0.4 is 88.7 Å². The molecule has 0 aliphatic heterocycles. The molecular weight excluding hydrogens is 419 g/mol. The van der Waals surface area contributed by atoms with Gasteiger partial charge in [-0.1, -0.05) is 0 Å². The SMILES string of the molecule is O=P(O)(O)CN(CP(=O)(O)O)CP(=O)(O)O.[Cu].[H+].[Na+].[Na+].[Na+]. The van der Waals surface area contributed by atoms with E-state index in [4.69, 9.17) is 29.4 Å². The van der Waals surface area contributed by atoms with Crippen LogP contribution in [0.25, 0.3) is 0 Å². The maximum Gasteiger partial charge on any atom is 1.00 e. The van der Waals surface area contributed by atoms with Crippen molar-refractivity contribution >= 4 is 22.8 Å². The van der Waals surface area contributed by atoms with Crippen LogP contribution in [0.3, 0.4) is 0 Å². The summed E-state index contributed by atoms with van der Waals surface area (Å²) in [4.78, 5) is 51.6. The second kappa shape index (κ2) is 14.1. The van der Waals surface area contributed by atoms with E-state index in [1.165, 1.54) is 0 Å². The Morgan fingerprint density at radius 2 is 0.800 bits per heavy atom. The van der Waals surface area contributed by atoms with Gasteiger partial charge in [-0.3, -0.25) is 18.6 Å². The van der Waals surface area contributed by atoms with E-state index in [9.17, 15) is 13.7 Å². The summed E-state index contributed by atoms with van der Waals surface area (Å²) in [6, 6.07) is 0. The van der Waals surface area contributed by atoms with Crippen LogP contribution in [0.1, 0.15) is 1.43 Å². The molecule has 0 saturated carbocycles. The Balaban J connectivity index is -0.000000112. The normalized spacial score (nSPS) is 11.6. The van der Waals surface area contributed by atoms with Crippen LogP contribution in [0.5, 0.6) is 0 Å². The molecule has 1 radical (unpaired) electrons. The Bertz CT molecular complexity index is 329. The summed E-state index contributed by atoms with van der Waals surface area (Å²) in [6.45, 7) is 0. The minimum absolute atomic E-state index is 0. The van der Waals surface area contributed by atoms with Crippen LogP contribution in [0.15, 0.2) is 0 Å². The Labute approximate surface area is 194 Å². The molecule has 20 heavy (non-hydrogen) atoms. The summed E-state index contributed by atoms with van der Waals surface area (Å²) in [6.07, 6.45) is -3.41. The topological polar surface area (TPSA) is 176 Å². The molecule has 6 N–H and O–H groups in total. The third-order valence-corrected chi connectivity index (χ3v) is 3.46. The molecule has 0 atom stereocenters. The first-order valence-electron chi connectivity index (χ1n) is 3.65. The van der Waals surface area contributed by atoms with E-state index in [1.807, 2.05) is 0 Å². The number of hydrogen-bond donors (Lipinski definition) is 6. The van der Waals surface area contributed by atoms with E-state index < -0.39 is 41.6 Å². The molecule has 17 heteroatoms. The molecule has 109 valence electrons. The van der Waals surface area contributed by atoms with Crippen molar-refractivity contribution in [3.05, 3.63) is 0 Å². The van der Waals surface area contributed by atoms with Crippen molar-refractivity contribution in [1.82, 2.24) is 4.90 Å². The van der Waals surface area contributed by atoms with Crippen LogP contribution in [-0.2, 0) is 30.8 Å². The van der Waals surface area contributed by atoms with E-state index in [1.54, 1.807) is 0 Å². The van der Waals surface area contributed by atoms with Crippen molar-refractivity contribution in [2.24, 2.45) is 0 Å². The van der Waals surface area contributed by atoms with Gasteiger partial charge >= 0.3 is 113 Å². The summed E-state index contributed by atoms with van der Waals surface area (Å²) >= 11 is 0. The first-order chi connectivity index (χ1) is 6.79. The molecule has 0 aliphatic carbocycles. The molecule has 10 nitrogen and oxygen atoms in total. The summed E-state index contributed by atoms with van der Waals surface area (Å²) in [5, 5.41) is 0. The summed E-state index contributed by atoms with van der Waals surface area (Å²) in [7, 11) is -14.0. The molecule has 0 aromatic heterocycles. The van der Waals surface area contributed by atoms with Gasteiger partial charge in [0.15, 0.2) is 0 Å². The average molecular weight is 433 g/mol. The Hall–Kier alpha value is 3.93. The van der Waals surface area contributed by atoms with Crippen LogP contribution in [0.4, 0.5) is 0 Å². The number of rotatable bonds is 6. The van der Waals surface area contributed by atoms with Gasteiger partial charge in [0.25, 0.3) is 0 Å². The van der Waals surface area contributed by atoms with Gasteiger partial charge in [-0.05, 0) is 0 Å². The predicted octanol–water partition coefficient (Wildman–Crippen LogP) is -10.2. The van der Waals surface area contributed by atoms with Crippen molar-refractivity contribution in [1.29, 1.82) is 0 Å². The molecule has 0 aromatic carbocycles. The molecule has 0 aromatic rings. The van der Waals surface area contributed by atoms with Crippen molar-refractivity contribution in [2.45, 2.75) is 0 Å². The van der Waals surface area contributed by atoms with E-state index in [2.05, 4.69) is 0 Å². The second-order valence-electron chi connectivity index (χ2n) is 3.09. The zero-order valence-electron chi connectivity index (χ0n) is 12.1. The fourth-order valence-electron chi connectivity index (χ4n) is 0.916. The molecule has 0 rings (SSSR count). The van der Waals surface area contributed by atoms with Crippen molar-refractivity contribution < 1.29 is 150 Å². The van der Waals surface area contributed by atoms with Gasteiger partial charge in [-0.15, -0.1) is 0 Å². The van der Waals surface area contributed by atoms with Gasteiger partial charge in [0.05, 0.1) is 0 Å². The fourth-order valence-corrected chi connectivity index (χ4v) is 3.55. The second-order valence-corrected chi connectivity index (χ2v) is 7.93. The molecule has 0 heterocycles. The van der Waals surface area contributed by atoms with Gasteiger partial charge in [0.2, 0.25) is 0 Å². The average Bonchev–Trinajstić information content (AvgIpc) is 1.70. The van der Waals surface area contributed by atoms with Gasteiger partial charge in [-0.25, -0.2) is 0 Å². The van der Waals surface area contributed by atoms with Crippen LogP contribution in [0, 0.1) is 0 Å². The molecule has 0 spiro atoms. The Kier molecular flexibility index (Phi) is 24.8. The number of hydrogen-bond acceptors (Lipinski definition) is 4. The molecule has 0 amide bonds. The molecule has 0 aliphatic rings. The largest absolute Gasteiger partial charge is 1.00 e. The van der Waals surface area contributed by atoms with Crippen molar-refractivity contribution in [2.75, 3.05) is 18.9 Å². The van der Waals surface area contributed by atoms with Gasteiger partial charge in [0.1, 0.15) is 18.9 Å². The third-order valence-electron chi connectivity index (χ3n) is 1.15. The first kappa shape index (κ1) is 35.1. The zero-order valence-corrected chi connectivity index (χ0v) is 20.7. The minimum atomic E-state index is -4.65. The van der Waals surface area contributed by atoms with Crippen molar-refractivity contribution in [3.63, 3.8) is 0 Å². The van der Waals surface area contributed by atoms with Gasteiger partial charge in [0, 0.05) is 17.1 Å². The maximum absolute atomic E-state index is 10.6. The Morgan fingerprint density at radius 3 is 0.900 bits per heavy atom. The first-order valence-corrected chi connectivity index (χ1v) is 9.04. The Morgan fingerprint density at radius 1 is 0.650 bits per heavy atom. The minimum Gasteiger partial charge on any atom is -0.324 e. The molecule has 0 saturated heterocycles. The van der Waals surface area contributed by atoms with E-state index in [0.29, 0.717) is 4.90 Å². The van der Waals surface area contributed by atoms with E-state index >= 15 is 0 Å². The van der Waals surface area contributed by atoms with Gasteiger partial charge in [-0.2, -0.15) is 0 Å². The molecule has 0 fully saturated rings. The van der Waals surface area contributed by atoms with Crippen LogP contribution in [0.2, 0.25) is 0 Å². The smallest absolute Gasteiger partial charge is 0.324 e. The van der Waals surface area contributed by atoms with Gasteiger partial charge < -0.3 is 29.4 Å². The van der Waals surface area contributed by atoms with Crippen LogP contribution >= 0.6 is 22.8 Å². The molecular formula is C3H13CuNNa3O9P3+4. The summed E-state index contributed by atoms with van der Waals surface area (Å²) < 4.78 is 31.7. The zero-order chi connectivity index (χ0) is 13.2. The maximum atomic E-state index is 10.6. The third kappa shape index (κ3) is 26.8. The summed E-state index contributed by atoms with van der Waals surface area (Å²) in [5.41, 5.74) is 0. The monoisotopic (exact) mass is 432 g/mol. The summed E-state index contributed by atoms with van der Waals surface area (Å²) in [5.74, 6) is 0. The molecule has 0 unspecified atom stereocenters. The van der Waals surface area contributed by atoms with Crippen molar-refractivity contribution in [3.8, 4) is 0 Å². The fraction of sp³-hybridized carbons (Fsp3) is 1.00. The quantitative estimate of drug-likeness (QED) is 0.174.